The summed E-state index contributed by atoms with van der Waals surface area (Å²) in [6.07, 6.45) is 0. The molecular formula is C13H8Br2N2. The van der Waals surface area contributed by atoms with E-state index >= 15 is 0 Å². The van der Waals surface area contributed by atoms with Crippen LogP contribution >= 0.6 is 31.9 Å². The highest BCUT2D eigenvalue weighted by Gasteiger charge is 2.07. The van der Waals surface area contributed by atoms with Gasteiger partial charge in [-0.2, -0.15) is 0 Å². The highest BCUT2D eigenvalue weighted by Crippen LogP contribution is 2.29. The summed E-state index contributed by atoms with van der Waals surface area (Å²) >= 11 is 6.97. The zero-order chi connectivity index (χ0) is 11.8. The third-order valence-corrected chi connectivity index (χ3v) is 4.42. The topological polar surface area (TPSA) is 28.7 Å². The number of aromatic nitrogens is 2. The third-order valence-electron chi connectivity index (χ3n) is 2.57. The molecule has 0 aliphatic carbocycles. The molecule has 0 aliphatic rings. The number of H-pyrrole nitrogens is 1. The number of rotatable bonds is 1. The fourth-order valence-corrected chi connectivity index (χ4v) is 2.41. The first-order valence-corrected chi connectivity index (χ1v) is 6.73. The first kappa shape index (κ1) is 11.0. The van der Waals surface area contributed by atoms with E-state index in [9.17, 15) is 0 Å². The molecule has 0 unspecified atom stereocenters. The van der Waals surface area contributed by atoms with Crippen LogP contribution in [0.25, 0.3) is 22.4 Å². The second kappa shape index (κ2) is 4.27. The van der Waals surface area contributed by atoms with Gasteiger partial charge in [-0.3, -0.25) is 0 Å². The van der Waals surface area contributed by atoms with Gasteiger partial charge in [0.25, 0.3) is 0 Å². The zero-order valence-electron chi connectivity index (χ0n) is 8.74. The first-order valence-electron chi connectivity index (χ1n) is 5.14. The van der Waals surface area contributed by atoms with Gasteiger partial charge in [0.05, 0.1) is 11.0 Å². The molecule has 0 aliphatic heterocycles. The van der Waals surface area contributed by atoms with Gasteiger partial charge >= 0.3 is 0 Å². The normalized spacial score (nSPS) is 10.9. The van der Waals surface area contributed by atoms with Crippen LogP contribution in [0.5, 0.6) is 0 Å². The number of benzene rings is 2. The average molecular weight is 352 g/mol. The van der Waals surface area contributed by atoms with Crippen LogP contribution in [0.15, 0.2) is 51.4 Å². The lowest BCUT2D eigenvalue weighted by molar-refractivity contribution is 1.34. The van der Waals surface area contributed by atoms with Crippen molar-refractivity contribution in [3.63, 3.8) is 0 Å². The molecule has 3 rings (SSSR count). The second-order valence-electron chi connectivity index (χ2n) is 3.73. The summed E-state index contributed by atoms with van der Waals surface area (Å²) in [6, 6.07) is 14.1. The monoisotopic (exact) mass is 350 g/mol. The zero-order valence-corrected chi connectivity index (χ0v) is 11.9. The number of hydrogen-bond acceptors (Lipinski definition) is 1. The summed E-state index contributed by atoms with van der Waals surface area (Å²) in [7, 11) is 0. The van der Waals surface area contributed by atoms with E-state index in [-0.39, 0.29) is 0 Å². The van der Waals surface area contributed by atoms with Gasteiger partial charge in [0.15, 0.2) is 0 Å². The lowest BCUT2D eigenvalue weighted by Crippen LogP contribution is -1.77. The number of nitrogens with zero attached hydrogens (tertiary/aromatic N) is 1. The van der Waals surface area contributed by atoms with Crippen molar-refractivity contribution in [3.8, 4) is 11.4 Å². The van der Waals surface area contributed by atoms with Gasteiger partial charge in [0, 0.05) is 14.5 Å². The molecular weight excluding hydrogens is 344 g/mol. The Labute approximate surface area is 115 Å². The van der Waals surface area contributed by atoms with Crippen molar-refractivity contribution in [1.29, 1.82) is 0 Å². The SMILES string of the molecule is Brc1cc2nc(-c3ccccc3)[nH]c2cc1Br. The maximum Gasteiger partial charge on any atom is 0.138 e. The van der Waals surface area contributed by atoms with Crippen molar-refractivity contribution < 1.29 is 0 Å². The molecule has 0 saturated heterocycles. The average Bonchev–Trinajstić information content (AvgIpc) is 2.74. The van der Waals surface area contributed by atoms with Crippen LogP contribution in [0.4, 0.5) is 0 Å². The van der Waals surface area contributed by atoms with Crippen molar-refractivity contribution in [2.45, 2.75) is 0 Å². The Hall–Kier alpha value is -1.13. The molecule has 3 aromatic rings. The molecule has 0 bridgehead atoms. The van der Waals surface area contributed by atoms with Crippen LogP contribution < -0.4 is 0 Å². The molecule has 17 heavy (non-hydrogen) atoms. The van der Waals surface area contributed by atoms with E-state index in [0.29, 0.717) is 0 Å². The van der Waals surface area contributed by atoms with Crippen molar-refractivity contribution in [2.24, 2.45) is 0 Å². The predicted molar refractivity (Wildman–Crippen MR) is 76.9 cm³/mol. The molecule has 1 N–H and O–H groups in total. The van der Waals surface area contributed by atoms with E-state index in [1.54, 1.807) is 0 Å². The minimum atomic E-state index is 0.894. The first-order chi connectivity index (χ1) is 8.24. The molecule has 0 amide bonds. The minimum absolute atomic E-state index is 0.894. The fraction of sp³-hybridized carbons (Fsp3) is 0. The van der Waals surface area contributed by atoms with E-state index in [2.05, 4.69) is 41.8 Å². The summed E-state index contributed by atoms with van der Waals surface area (Å²) in [5.74, 6) is 0.894. The predicted octanol–water partition coefficient (Wildman–Crippen LogP) is 4.75. The lowest BCUT2D eigenvalue weighted by Gasteiger charge is -1.94. The van der Waals surface area contributed by atoms with Crippen molar-refractivity contribution in [3.05, 3.63) is 51.4 Å². The molecule has 2 nitrogen and oxygen atoms in total. The number of hydrogen-bond donors (Lipinski definition) is 1. The molecule has 1 heterocycles. The number of halogens is 2. The Kier molecular flexibility index (Phi) is 2.76. The minimum Gasteiger partial charge on any atom is -0.338 e. The van der Waals surface area contributed by atoms with E-state index in [0.717, 1.165) is 31.4 Å². The molecule has 0 spiro atoms. The summed E-state index contributed by atoms with van der Waals surface area (Å²) < 4.78 is 2.03. The van der Waals surface area contributed by atoms with Gasteiger partial charge in [-0.1, -0.05) is 30.3 Å². The maximum atomic E-state index is 4.58. The van der Waals surface area contributed by atoms with Gasteiger partial charge in [-0.25, -0.2) is 4.98 Å². The fourth-order valence-electron chi connectivity index (χ4n) is 1.74. The summed E-state index contributed by atoms with van der Waals surface area (Å²) in [5, 5.41) is 0. The summed E-state index contributed by atoms with van der Waals surface area (Å²) in [6.45, 7) is 0. The van der Waals surface area contributed by atoms with Crippen molar-refractivity contribution in [2.75, 3.05) is 0 Å². The third kappa shape index (κ3) is 2.03. The molecule has 84 valence electrons. The quantitative estimate of drug-likeness (QED) is 0.673. The smallest absolute Gasteiger partial charge is 0.138 e. The van der Waals surface area contributed by atoms with Crippen LogP contribution in [0.2, 0.25) is 0 Å². The van der Waals surface area contributed by atoms with Gasteiger partial charge in [0.2, 0.25) is 0 Å². The van der Waals surface area contributed by atoms with Crippen molar-refractivity contribution >= 4 is 42.9 Å². The summed E-state index contributed by atoms with van der Waals surface area (Å²) in [5.41, 5.74) is 3.08. The largest absolute Gasteiger partial charge is 0.338 e. The number of fused-ring (bicyclic) bond motifs is 1. The molecule has 0 saturated carbocycles. The van der Waals surface area contributed by atoms with E-state index in [1.165, 1.54) is 0 Å². The highest BCUT2D eigenvalue weighted by atomic mass is 79.9. The Balaban J connectivity index is 2.21. The number of aromatic amines is 1. The van der Waals surface area contributed by atoms with E-state index < -0.39 is 0 Å². The Morgan fingerprint density at radius 3 is 2.41 bits per heavy atom. The maximum absolute atomic E-state index is 4.58. The standard InChI is InChI=1S/C13H8Br2N2/c14-9-6-11-12(7-10(9)15)17-13(16-11)8-4-2-1-3-5-8/h1-7H,(H,16,17). The van der Waals surface area contributed by atoms with Crippen LogP contribution in [0, 0.1) is 0 Å². The number of imidazole rings is 1. The van der Waals surface area contributed by atoms with Crippen molar-refractivity contribution in [1.82, 2.24) is 9.97 Å². The van der Waals surface area contributed by atoms with Gasteiger partial charge in [-0.15, -0.1) is 0 Å². The summed E-state index contributed by atoms with van der Waals surface area (Å²) in [4.78, 5) is 7.90. The molecule has 0 fully saturated rings. The molecule has 1 aromatic heterocycles. The molecule has 0 atom stereocenters. The van der Waals surface area contributed by atoms with Gasteiger partial charge in [-0.05, 0) is 44.0 Å². The Morgan fingerprint density at radius 1 is 0.941 bits per heavy atom. The van der Waals surface area contributed by atoms with Crippen LogP contribution in [-0.4, -0.2) is 9.97 Å². The molecule has 4 heteroatoms. The Bertz CT molecular complexity index is 635. The molecule has 0 radical (unpaired) electrons. The second-order valence-corrected chi connectivity index (χ2v) is 5.44. The highest BCUT2D eigenvalue weighted by molar-refractivity contribution is 9.13. The molecule has 2 aromatic carbocycles. The van der Waals surface area contributed by atoms with Crippen LogP contribution in [-0.2, 0) is 0 Å². The van der Waals surface area contributed by atoms with E-state index in [4.69, 9.17) is 0 Å². The van der Waals surface area contributed by atoms with Crippen LogP contribution in [0.3, 0.4) is 0 Å². The van der Waals surface area contributed by atoms with E-state index in [1.807, 2.05) is 42.5 Å². The Morgan fingerprint density at radius 2 is 1.65 bits per heavy atom. The lowest BCUT2D eigenvalue weighted by atomic mass is 10.2. The van der Waals surface area contributed by atoms with Gasteiger partial charge in [0.1, 0.15) is 5.82 Å². The van der Waals surface area contributed by atoms with Crippen LogP contribution in [0.1, 0.15) is 0 Å². The van der Waals surface area contributed by atoms with Gasteiger partial charge < -0.3 is 4.98 Å². The number of nitrogens with one attached hydrogen (secondary N) is 1.